The number of benzene rings is 5. The molecule has 0 radical (unpaired) electrons. The molecule has 196 valence electrons. The molecule has 0 heterocycles. The maximum absolute atomic E-state index is 10.9. The fourth-order valence-corrected chi connectivity index (χ4v) is 5.53. The fourth-order valence-electron chi connectivity index (χ4n) is 5.53. The van der Waals surface area contributed by atoms with Gasteiger partial charge in [0.1, 0.15) is 23.0 Å². The summed E-state index contributed by atoms with van der Waals surface area (Å²) in [6.07, 6.45) is 2.67. The summed E-state index contributed by atoms with van der Waals surface area (Å²) in [5.74, 6) is 0.349. The second-order valence-electron chi connectivity index (χ2n) is 9.87. The summed E-state index contributed by atoms with van der Waals surface area (Å²) in [6, 6.07) is 35.4. The zero-order valence-corrected chi connectivity index (χ0v) is 21.9. The van der Waals surface area contributed by atoms with Crippen LogP contribution >= 0.6 is 0 Å². The van der Waals surface area contributed by atoms with Crippen molar-refractivity contribution in [1.29, 1.82) is 0 Å². The maximum Gasteiger partial charge on any atom is 0.123 e. The number of hydrogen-bond donors (Lipinski definition) is 4. The lowest BCUT2D eigenvalue weighted by Gasteiger charge is -2.37. The molecule has 0 aliphatic carbocycles. The first-order valence-corrected chi connectivity index (χ1v) is 13.2. The van der Waals surface area contributed by atoms with E-state index in [1.807, 2.05) is 54.6 Å². The molecule has 0 aromatic heterocycles. The van der Waals surface area contributed by atoms with E-state index >= 15 is 0 Å². The normalized spacial score (nSPS) is 11.4. The Kier molecular flexibility index (Phi) is 7.29. The second kappa shape index (κ2) is 11.0. The molecule has 0 saturated heterocycles. The van der Waals surface area contributed by atoms with Crippen molar-refractivity contribution in [3.05, 3.63) is 132 Å². The first-order valence-electron chi connectivity index (χ1n) is 13.2. The van der Waals surface area contributed by atoms with E-state index in [0.717, 1.165) is 36.0 Å². The van der Waals surface area contributed by atoms with Gasteiger partial charge in [0, 0.05) is 27.7 Å². The van der Waals surface area contributed by atoms with Crippen molar-refractivity contribution in [1.82, 2.24) is 0 Å². The van der Waals surface area contributed by atoms with Crippen LogP contribution in [0.4, 0.5) is 0 Å². The predicted octanol–water partition coefficient (Wildman–Crippen LogP) is 8.37. The van der Waals surface area contributed by atoms with E-state index in [-0.39, 0.29) is 23.0 Å². The van der Waals surface area contributed by atoms with Gasteiger partial charge in [-0.15, -0.1) is 0 Å². The Bertz CT molecular complexity index is 1500. The average Bonchev–Trinajstić information content (AvgIpc) is 2.96. The Labute approximate surface area is 229 Å². The number of phenols is 4. The number of aromatic hydroxyl groups is 4. The van der Waals surface area contributed by atoms with E-state index in [4.69, 9.17) is 0 Å². The summed E-state index contributed by atoms with van der Waals surface area (Å²) < 4.78 is 0. The number of unbranched alkanes of at least 4 members (excludes halogenated alkanes) is 1. The SMILES string of the molecule is CCCCC(c1ccccc1)(c1ccc(O)c(-c2ccccc2O)c1)c1ccc(O)c(-c2ccccc2O)c1. The van der Waals surface area contributed by atoms with Gasteiger partial charge in [0.2, 0.25) is 0 Å². The van der Waals surface area contributed by atoms with Gasteiger partial charge < -0.3 is 20.4 Å². The molecule has 0 aliphatic heterocycles. The minimum atomic E-state index is -0.642. The van der Waals surface area contributed by atoms with Crippen LogP contribution in [0.15, 0.2) is 115 Å². The Balaban J connectivity index is 1.82. The summed E-state index contributed by atoms with van der Waals surface area (Å²) in [5, 5.41) is 43.0. The summed E-state index contributed by atoms with van der Waals surface area (Å²) in [5.41, 5.74) is 4.52. The van der Waals surface area contributed by atoms with Crippen molar-refractivity contribution in [3.63, 3.8) is 0 Å². The number of hydrogen-bond acceptors (Lipinski definition) is 4. The molecule has 5 aromatic carbocycles. The molecule has 4 heteroatoms. The van der Waals surface area contributed by atoms with Crippen LogP contribution in [0, 0.1) is 0 Å². The lowest BCUT2D eigenvalue weighted by atomic mass is 9.65. The van der Waals surface area contributed by atoms with E-state index in [1.165, 1.54) is 0 Å². The Morgan fingerprint density at radius 1 is 0.462 bits per heavy atom. The van der Waals surface area contributed by atoms with Crippen LogP contribution in [0.3, 0.4) is 0 Å². The molecule has 39 heavy (non-hydrogen) atoms. The molecule has 0 amide bonds. The highest BCUT2D eigenvalue weighted by atomic mass is 16.3. The van der Waals surface area contributed by atoms with Crippen LogP contribution in [0.5, 0.6) is 23.0 Å². The molecule has 0 saturated carbocycles. The third kappa shape index (κ3) is 4.82. The summed E-state index contributed by atoms with van der Waals surface area (Å²) >= 11 is 0. The molecular weight excluding hydrogens is 484 g/mol. The smallest absolute Gasteiger partial charge is 0.123 e. The Morgan fingerprint density at radius 2 is 0.897 bits per heavy atom. The van der Waals surface area contributed by atoms with Gasteiger partial charge in [-0.05, 0) is 59.5 Å². The number of phenolic OH excluding ortho intramolecular Hbond substituents is 4. The quantitative estimate of drug-likeness (QED) is 0.156. The molecular formula is C35H32O4. The molecule has 0 fully saturated rings. The van der Waals surface area contributed by atoms with Crippen LogP contribution in [0.1, 0.15) is 42.9 Å². The van der Waals surface area contributed by atoms with Crippen LogP contribution in [-0.2, 0) is 5.41 Å². The topological polar surface area (TPSA) is 80.9 Å². The molecule has 0 unspecified atom stereocenters. The van der Waals surface area contributed by atoms with Crippen LogP contribution < -0.4 is 0 Å². The summed E-state index contributed by atoms with van der Waals surface area (Å²) in [4.78, 5) is 0. The zero-order chi connectivity index (χ0) is 27.4. The minimum absolute atomic E-state index is 0.0818. The van der Waals surface area contributed by atoms with Crippen molar-refractivity contribution >= 4 is 0 Å². The lowest BCUT2D eigenvalue weighted by molar-refractivity contribution is 0.466. The number of rotatable bonds is 8. The first-order chi connectivity index (χ1) is 19.0. The van der Waals surface area contributed by atoms with Gasteiger partial charge in [-0.25, -0.2) is 0 Å². The van der Waals surface area contributed by atoms with Gasteiger partial charge in [-0.1, -0.05) is 98.6 Å². The molecule has 0 atom stereocenters. The maximum atomic E-state index is 10.9. The highest BCUT2D eigenvalue weighted by molar-refractivity contribution is 5.78. The van der Waals surface area contributed by atoms with Crippen LogP contribution in [0.25, 0.3) is 22.3 Å². The van der Waals surface area contributed by atoms with E-state index in [0.29, 0.717) is 22.3 Å². The Hall–Kier alpha value is -4.70. The fraction of sp³-hybridized carbons (Fsp3) is 0.143. The van der Waals surface area contributed by atoms with Gasteiger partial charge >= 0.3 is 0 Å². The van der Waals surface area contributed by atoms with E-state index in [9.17, 15) is 20.4 Å². The minimum Gasteiger partial charge on any atom is -0.507 e. The highest BCUT2D eigenvalue weighted by Crippen LogP contribution is 2.48. The third-order valence-electron chi connectivity index (χ3n) is 7.54. The monoisotopic (exact) mass is 516 g/mol. The van der Waals surface area contributed by atoms with Gasteiger partial charge in [-0.2, -0.15) is 0 Å². The summed E-state index contributed by atoms with van der Waals surface area (Å²) in [7, 11) is 0. The van der Waals surface area contributed by atoms with Crippen molar-refractivity contribution in [3.8, 4) is 45.3 Å². The molecule has 5 aromatic rings. The predicted molar refractivity (Wildman–Crippen MR) is 156 cm³/mol. The highest BCUT2D eigenvalue weighted by Gasteiger charge is 2.37. The lowest BCUT2D eigenvalue weighted by Crippen LogP contribution is -2.29. The second-order valence-corrected chi connectivity index (χ2v) is 9.87. The zero-order valence-electron chi connectivity index (χ0n) is 21.9. The molecule has 0 spiro atoms. The molecule has 0 aliphatic rings. The van der Waals surface area contributed by atoms with Crippen LogP contribution in [0.2, 0.25) is 0 Å². The average molecular weight is 517 g/mol. The van der Waals surface area contributed by atoms with Crippen molar-refractivity contribution in [2.45, 2.75) is 31.6 Å². The van der Waals surface area contributed by atoms with Crippen LogP contribution in [-0.4, -0.2) is 20.4 Å². The molecule has 4 N–H and O–H groups in total. The molecule has 0 bridgehead atoms. The Morgan fingerprint density at radius 3 is 1.36 bits per heavy atom. The van der Waals surface area contributed by atoms with Gasteiger partial charge in [-0.3, -0.25) is 0 Å². The van der Waals surface area contributed by atoms with Gasteiger partial charge in [0.05, 0.1) is 0 Å². The summed E-state index contributed by atoms with van der Waals surface area (Å²) in [6.45, 7) is 2.16. The van der Waals surface area contributed by atoms with Gasteiger partial charge in [0.15, 0.2) is 0 Å². The molecule has 5 rings (SSSR count). The van der Waals surface area contributed by atoms with Crippen molar-refractivity contribution < 1.29 is 20.4 Å². The number of para-hydroxylation sites is 2. The molecule has 4 nitrogen and oxygen atoms in total. The third-order valence-corrected chi connectivity index (χ3v) is 7.54. The largest absolute Gasteiger partial charge is 0.507 e. The van der Waals surface area contributed by atoms with E-state index in [1.54, 1.807) is 48.5 Å². The van der Waals surface area contributed by atoms with Crippen molar-refractivity contribution in [2.24, 2.45) is 0 Å². The van der Waals surface area contributed by atoms with E-state index < -0.39 is 5.41 Å². The van der Waals surface area contributed by atoms with E-state index in [2.05, 4.69) is 19.1 Å². The standard InChI is InChI=1S/C35H32O4/c1-2-3-21-35(24-11-5-4-6-12-24,25-17-19-33(38)29(22-25)27-13-7-9-15-31(27)36)26-18-20-34(39)30(23-26)28-14-8-10-16-32(28)37/h4-20,22-23,36-39H,2-3,21H2,1H3. The van der Waals surface area contributed by atoms with Crippen molar-refractivity contribution in [2.75, 3.05) is 0 Å². The van der Waals surface area contributed by atoms with Gasteiger partial charge in [0.25, 0.3) is 0 Å². The first kappa shape index (κ1) is 25.9.